The van der Waals surface area contributed by atoms with E-state index in [9.17, 15) is 18.3 Å². The molecule has 0 aromatic heterocycles. The lowest BCUT2D eigenvalue weighted by atomic mass is 10.1. The fraction of sp³-hybridized carbons (Fsp3) is 0.308. The highest BCUT2D eigenvalue weighted by Crippen LogP contribution is 2.39. The first-order valence-electron chi connectivity index (χ1n) is 6.07. The molecule has 0 radical (unpaired) electrons. The van der Waals surface area contributed by atoms with E-state index in [4.69, 9.17) is 5.73 Å². The predicted octanol–water partition coefficient (Wildman–Crippen LogP) is 0.343. The van der Waals surface area contributed by atoms with Crippen molar-refractivity contribution >= 4 is 15.7 Å². The monoisotopic (exact) mass is 296 g/mol. The van der Waals surface area contributed by atoms with Crippen LogP contribution in [0.3, 0.4) is 0 Å². The number of carbonyl (C=O) groups is 1. The molecule has 20 heavy (non-hydrogen) atoms. The zero-order valence-electron chi connectivity index (χ0n) is 11.0. The zero-order valence-corrected chi connectivity index (χ0v) is 11.8. The molecule has 0 bridgehead atoms. The molecule has 6 nitrogen and oxygen atoms in total. The topological polar surface area (TPSA) is 101 Å². The molecule has 0 fully saturated rings. The SMILES string of the molecule is CS(=O)(=O)C1=C(O)C(=O)N(CCN)[C@H]1c1ccccc1. The Bertz CT molecular complexity index is 652. The van der Waals surface area contributed by atoms with E-state index in [2.05, 4.69) is 0 Å². The molecule has 1 heterocycles. The van der Waals surface area contributed by atoms with Gasteiger partial charge in [-0.25, -0.2) is 8.42 Å². The van der Waals surface area contributed by atoms with Gasteiger partial charge in [0.2, 0.25) is 0 Å². The minimum absolute atomic E-state index is 0.168. The van der Waals surface area contributed by atoms with Gasteiger partial charge >= 0.3 is 0 Å². The Morgan fingerprint density at radius 2 is 1.90 bits per heavy atom. The number of hydrogen-bond donors (Lipinski definition) is 2. The Kier molecular flexibility index (Phi) is 3.82. The van der Waals surface area contributed by atoms with Gasteiger partial charge in [0.25, 0.3) is 5.91 Å². The van der Waals surface area contributed by atoms with Gasteiger partial charge in [-0.15, -0.1) is 0 Å². The summed E-state index contributed by atoms with van der Waals surface area (Å²) in [5.41, 5.74) is 6.09. The molecule has 7 heteroatoms. The van der Waals surface area contributed by atoms with Crippen molar-refractivity contribution in [2.24, 2.45) is 5.73 Å². The Morgan fingerprint density at radius 1 is 1.30 bits per heavy atom. The number of amides is 1. The molecule has 1 aliphatic heterocycles. The molecule has 0 aliphatic carbocycles. The van der Waals surface area contributed by atoms with Crippen molar-refractivity contribution in [2.45, 2.75) is 6.04 Å². The standard InChI is InChI=1S/C13H16N2O4S/c1-20(18,19)12-10(9-5-3-2-4-6-9)15(8-7-14)13(17)11(12)16/h2-6,10,16H,7-8,14H2,1H3/t10-/m0/s1. The van der Waals surface area contributed by atoms with Gasteiger partial charge in [0.15, 0.2) is 15.6 Å². The maximum Gasteiger partial charge on any atom is 0.290 e. The second kappa shape index (κ2) is 5.26. The summed E-state index contributed by atoms with van der Waals surface area (Å²) in [6.45, 7) is 0.348. The highest BCUT2D eigenvalue weighted by Gasteiger charge is 2.44. The number of sulfone groups is 1. The summed E-state index contributed by atoms with van der Waals surface area (Å²) in [6, 6.07) is 7.89. The van der Waals surface area contributed by atoms with Crippen molar-refractivity contribution in [3.05, 3.63) is 46.6 Å². The van der Waals surface area contributed by atoms with Crippen LogP contribution in [0.4, 0.5) is 0 Å². The van der Waals surface area contributed by atoms with Gasteiger partial charge < -0.3 is 15.7 Å². The summed E-state index contributed by atoms with van der Waals surface area (Å²) in [4.78, 5) is 13.1. The maximum absolute atomic E-state index is 12.0. The number of nitrogens with zero attached hydrogens (tertiary/aromatic N) is 1. The van der Waals surface area contributed by atoms with Crippen LogP contribution < -0.4 is 5.73 Å². The van der Waals surface area contributed by atoms with Crippen LogP contribution in [-0.2, 0) is 14.6 Å². The average molecular weight is 296 g/mol. The molecule has 0 unspecified atom stereocenters. The third-order valence-electron chi connectivity index (χ3n) is 3.14. The van der Waals surface area contributed by atoms with Crippen molar-refractivity contribution in [2.75, 3.05) is 19.3 Å². The van der Waals surface area contributed by atoms with E-state index >= 15 is 0 Å². The molecule has 1 aliphatic rings. The quantitative estimate of drug-likeness (QED) is 0.834. The smallest absolute Gasteiger partial charge is 0.290 e. The first-order chi connectivity index (χ1) is 9.38. The number of rotatable bonds is 4. The molecule has 3 N–H and O–H groups in total. The van der Waals surface area contributed by atoms with Crippen molar-refractivity contribution in [1.29, 1.82) is 0 Å². The minimum atomic E-state index is -3.71. The minimum Gasteiger partial charge on any atom is -0.502 e. The van der Waals surface area contributed by atoms with Crippen molar-refractivity contribution in [1.82, 2.24) is 4.90 Å². The van der Waals surface area contributed by atoms with Crippen LogP contribution in [-0.4, -0.2) is 43.7 Å². The van der Waals surface area contributed by atoms with Crippen molar-refractivity contribution < 1.29 is 18.3 Å². The van der Waals surface area contributed by atoms with Crippen LogP contribution in [0, 0.1) is 0 Å². The first-order valence-corrected chi connectivity index (χ1v) is 7.96. The molecule has 1 aromatic rings. The van der Waals surface area contributed by atoms with E-state index in [0.717, 1.165) is 6.26 Å². The van der Waals surface area contributed by atoms with Gasteiger partial charge in [0.05, 0.1) is 6.04 Å². The maximum atomic E-state index is 12.0. The number of benzene rings is 1. The molecule has 2 rings (SSSR count). The van der Waals surface area contributed by atoms with E-state index < -0.39 is 27.5 Å². The van der Waals surface area contributed by atoms with Crippen molar-refractivity contribution in [3.63, 3.8) is 0 Å². The fourth-order valence-corrected chi connectivity index (χ4v) is 3.45. The zero-order chi connectivity index (χ0) is 14.9. The van der Waals surface area contributed by atoms with E-state index in [1.165, 1.54) is 4.90 Å². The van der Waals surface area contributed by atoms with E-state index in [1.807, 2.05) is 0 Å². The van der Waals surface area contributed by atoms with Crippen molar-refractivity contribution in [3.8, 4) is 0 Å². The molecular weight excluding hydrogens is 280 g/mol. The molecule has 0 saturated heterocycles. The average Bonchev–Trinajstić information content (AvgIpc) is 2.65. The molecule has 1 aromatic carbocycles. The van der Waals surface area contributed by atoms with Crippen LogP contribution in [0.15, 0.2) is 41.0 Å². The highest BCUT2D eigenvalue weighted by atomic mass is 32.2. The normalized spacial score (nSPS) is 19.8. The molecule has 1 amide bonds. The van der Waals surface area contributed by atoms with Gasteiger partial charge in [0, 0.05) is 19.3 Å². The Labute approximate surface area is 117 Å². The molecular formula is C13H16N2O4S. The van der Waals surface area contributed by atoms with Gasteiger partial charge in [-0.2, -0.15) is 0 Å². The number of carbonyl (C=O) groups excluding carboxylic acids is 1. The summed E-state index contributed by atoms with van der Waals surface area (Å²) in [5, 5.41) is 9.89. The molecule has 0 spiro atoms. The number of aliphatic hydroxyl groups excluding tert-OH is 1. The van der Waals surface area contributed by atoms with Gasteiger partial charge in [-0.1, -0.05) is 30.3 Å². The summed E-state index contributed by atoms with van der Waals surface area (Å²) in [6.07, 6.45) is 0.980. The highest BCUT2D eigenvalue weighted by molar-refractivity contribution is 7.94. The molecule has 1 atom stereocenters. The number of nitrogens with two attached hydrogens (primary N) is 1. The van der Waals surface area contributed by atoms with E-state index in [-0.39, 0.29) is 18.0 Å². The van der Waals surface area contributed by atoms with Crippen LogP contribution in [0.25, 0.3) is 0 Å². The molecule has 108 valence electrons. The van der Waals surface area contributed by atoms with Crippen LogP contribution in [0.1, 0.15) is 11.6 Å². The summed E-state index contributed by atoms with van der Waals surface area (Å²) in [5.74, 6) is -1.42. The third kappa shape index (κ3) is 2.41. The summed E-state index contributed by atoms with van der Waals surface area (Å²) in [7, 11) is -3.71. The number of aliphatic hydroxyl groups is 1. The fourth-order valence-electron chi connectivity index (χ4n) is 2.34. The van der Waals surface area contributed by atoms with E-state index in [1.54, 1.807) is 30.3 Å². The Morgan fingerprint density at radius 3 is 2.40 bits per heavy atom. The Hall–Kier alpha value is -1.86. The second-order valence-electron chi connectivity index (χ2n) is 4.59. The van der Waals surface area contributed by atoms with Gasteiger partial charge in [-0.3, -0.25) is 4.79 Å². The lowest BCUT2D eigenvalue weighted by molar-refractivity contribution is -0.129. The lowest BCUT2D eigenvalue weighted by Gasteiger charge is -2.25. The third-order valence-corrected chi connectivity index (χ3v) is 4.36. The van der Waals surface area contributed by atoms with Crippen LogP contribution in [0.5, 0.6) is 0 Å². The van der Waals surface area contributed by atoms with Gasteiger partial charge in [-0.05, 0) is 5.56 Å². The summed E-state index contributed by atoms with van der Waals surface area (Å²) >= 11 is 0. The largest absolute Gasteiger partial charge is 0.502 e. The van der Waals surface area contributed by atoms with Gasteiger partial charge in [0.1, 0.15) is 4.91 Å². The lowest BCUT2D eigenvalue weighted by Crippen LogP contribution is -2.35. The number of hydrogen-bond acceptors (Lipinski definition) is 5. The van der Waals surface area contributed by atoms with E-state index in [0.29, 0.717) is 5.56 Å². The van der Waals surface area contributed by atoms with Crippen LogP contribution >= 0.6 is 0 Å². The second-order valence-corrected chi connectivity index (χ2v) is 6.57. The Balaban J connectivity index is 2.60. The predicted molar refractivity (Wildman–Crippen MR) is 74.4 cm³/mol. The first kappa shape index (κ1) is 14.5. The summed E-state index contributed by atoms with van der Waals surface area (Å²) < 4.78 is 23.8. The molecule has 0 saturated carbocycles. The van der Waals surface area contributed by atoms with Crippen LogP contribution in [0.2, 0.25) is 0 Å².